The van der Waals surface area contributed by atoms with E-state index in [9.17, 15) is 9.59 Å². The van der Waals surface area contributed by atoms with Gasteiger partial charge in [-0.15, -0.1) is 0 Å². The summed E-state index contributed by atoms with van der Waals surface area (Å²) >= 11 is 0. The van der Waals surface area contributed by atoms with E-state index in [-0.39, 0.29) is 18.5 Å². The van der Waals surface area contributed by atoms with Gasteiger partial charge in [0, 0.05) is 6.54 Å². The minimum absolute atomic E-state index is 0.131. The normalized spacial score (nSPS) is 16.1. The van der Waals surface area contributed by atoms with Crippen LogP contribution in [0.4, 0.5) is 4.79 Å². The van der Waals surface area contributed by atoms with E-state index in [1.54, 1.807) is 4.90 Å². The molecule has 1 aliphatic rings. The Morgan fingerprint density at radius 2 is 1.94 bits per heavy atom. The van der Waals surface area contributed by atoms with E-state index in [4.69, 9.17) is 0 Å². The van der Waals surface area contributed by atoms with Crippen molar-refractivity contribution in [3.8, 4) is 0 Å². The topological polar surface area (TPSA) is 40.6 Å². The number of hydrogen-bond donors (Lipinski definition) is 0. The van der Waals surface area contributed by atoms with Crippen molar-refractivity contribution in [3.63, 3.8) is 0 Å². The van der Waals surface area contributed by atoms with Crippen molar-refractivity contribution in [2.75, 3.05) is 13.1 Å². The molecule has 0 atom stereocenters. The number of amides is 3. The summed E-state index contributed by atoms with van der Waals surface area (Å²) in [5.41, 5.74) is 0.965. The molecule has 0 aliphatic carbocycles. The van der Waals surface area contributed by atoms with Crippen LogP contribution in [0.25, 0.3) is 0 Å². The molecule has 94 valence electrons. The quantitative estimate of drug-likeness (QED) is 0.600. The zero-order valence-corrected chi connectivity index (χ0v) is 10.4. The Morgan fingerprint density at radius 3 is 2.61 bits per heavy atom. The molecule has 0 bridgehead atoms. The van der Waals surface area contributed by atoms with Crippen LogP contribution < -0.4 is 0 Å². The van der Waals surface area contributed by atoms with Crippen LogP contribution in [0.5, 0.6) is 0 Å². The first-order chi connectivity index (χ1) is 8.72. The van der Waals surface area contributed by atoms with Crippen LogP contribution in [-0.4, -0.2) is 34.8 Å². The van der Waals surface area contributed by atoms with Crippen molar-refractivity contribution >= 4 is 11.9 Å². The maximum atomic E-state index is 12.0. The Morgan fingerprint density at radius 1 is 1.22 bits per heavy atom. The molecular formula is C14H16N2O2. The van der Waals surface area contributed by atoms with E-state index in [1.165, 1.54) is 4.90 Å². The highest BCUT2D eigenvalue weighted by molar-refractivity contribution is 6.01. The van der Waals surface area contributed by atoms with Gasteiger partial charge in [-0.05, 0) is 12.5 Å². The lowest BCUT2D eigenvalue weighted by atomic mass is 10.2. The summed E-state index contributed by atoms with van der Waals surface area (Å²) in [6, 6.07) is 9.33. The molecule has 4 heteroatoms. The summed E-state index contributed by atoms with van der Waals surface area (Å²) < 4.78 is 0. The minimum atomic E-state index is -0.207. The summed E-state index contributed by atoms with van der Waals surface area (Å²) in [5.74, 6) is -0.131. The van der Waals surface area contributed by atoms with Crippen LogP contribution in [0, 0.1) is 0 Å². The summed E-state index contributed by atoms with van der Waals surface area (Å²) in [7, 11) is 0. The molecule has 2 rings (SSSR count). The van der Waals surface area contributed by atoms with Gasteiger partial charge in [0.2, 0.25) is 0 Å². The molecule has 18 heavy (non-hydrogen) atoms. The molecule has 0 radical (unpaired) electrons. The SMILES string of the molecule is C/C=C/CN1CC(=O)N(Cc2ccccc2)C1=O. The van der Waals surface area contributed by atoms with E-state index in [0.717, 1.165) is 5.56 Å². The third-order valence-electron chi connectivity index (χ3n) is 2.87. The molecule has 1 aromatic carbocycles. The number of nitrogens with zero attached hydrogens (tertiary/aromatic N) is 2. The molecule has 0 saturated carbocycles. The molecule has 1 aliphatic heterocycles. The number of benzene rings is 1. The second-order valence-corrected chi connectivity index (χ2v) is 4.20. The number of imide groups is 1. The molecular weight excluding hydrogens is 228 g/mol. The molecule has 1 heterocycles. The smallest absolute Gasteiger partial charge is 0.311 e. The molecule has 1 aromatic rings. The van der Waals surface area contributed by atoms with Gasteiger partial charge in [-0.1, -0.05) is 42.5 Å². The number of hydrogen-bond acceptors (Lipinski definition) is 2. The number of rotatable bonds is 4. The van der Waals surface area contributed by atoms with E-state index >= 15 is 0 Å². The highest BCUT2D eigenvalue weighted by Crippen LogP contribution is 2.14. The third-order valence-corrected chi connectivity index (χ3v) is 2.87. The standard InChI is InChI=1S/C14H16N2O2/c1-2-3-9-15-11-13(17)16(14(15)18)10-12-7-5-4-6-8-12/h2-8H,9-11H2,1H3/b3-2+. The first-order valence-electron chi connectivity index (χ1n) is 5.96. The molecule has 4 nitrogen and oxygen atoms in total. The minimum Gasteiger partial charge on any atom is -0.311 e. The maximum Gasteiger partial charge on any atom is 0.327 e. The zero-order chi connectivity index (χ0) is 13.0. The average molecular weight is 244 g/mol. The fourth-order valence-electron chi connectivity index (χ4n) is 1.89. The van der Waals surface area contributed by atoms with Crippen molar-refractivity contribution in [2.24, 2.45) is 0 Å². The van der Waals surface area contributed by atoms with Crippen LogP contribution in [-0.2, 0) is 11.3 Å². The van der Waals surface area contributed by atoms with E-state index in [2.05, 4.69) is 0 Å². The van der Waals surface area contributed by atoms with Gasteiger partial charge in [-0.25, -0.2) is 4.79 Å². The molecule has 0 aromatic heterocycles. The van der Waals surface area contributed by atoms with Gasteiger partial charge < -0.3 is 4.90 Å². The fraction of sp³-hybridized carbons (Fsp3) is 0.286. The van der Waals surface area contributed by atoms with Crippen LogP contribution in [0.3, 0.4) is 0 Å². The number of carbonyl (C=O) groups is 2. The Bertz CT molecular complexity index is 468. The lowest BCUT2D eigenvalue weighted by molar-refractivity contribution is -0.125. The highest BCUT2D eigenvalue weighted by atomic mass is 16.2. The molecule has 0 spiro atoms. The first-order valence-corrected chi connectivity index (χ1v) is 5.96. The molecule has 0 unspecified atom stereocenters. The van der Waals surface area contributed by atoms with Gasteiger partial charge in [0.05, 0.1) is 6.54 Å². The van der Waals surface area contributed by atoms with Crippen LogP contribution in [0.1, 0.15) is 12.5 Å². The Hall–Kier alpha value is -2.10. The number of allylic oxidation sites excluding steroid dienone is 1. The summed E-state index contributed by atoms with van der Waals surface area (Å²) in [4.78, 5) is 26.7. The van der Waals surface area contributed by atoms with Crippen molar-refractivity contribution in [1.29, 1.82) is 0 Å². The number of carbonyl (C=O) groups excluding carboxylic acids is 2. The molecule has 1 saturated heterocycles. The van der Waals surface area contributed by atoms with E-state index in [1.807, 2.05) is 49.4 Å². The van der Waals surface area contributed by atoms with Crippen LogP contribution >= 0.6 is 0 Å². The lowest BCUT2D eigenvalue weighted by Gasteiger charge is -2.15. The van der Waals surface area contributed by atoms with E-state index < -0.39 is 0 Å². The van der Waals surface area contributed by atoms with Gasteiger partial charge >= 0.3 is 6.03 Å². The van der Waals surface area contributed by atoms with Gasteiger partial charge in [0.25, 0.3) is 5.91 Å². The summed E-state index contributed by atoms with van der Waals surface area (Å²) in [6.07, 6.45) is 3.74. The predicted octanol–water partition coefficient (Wildman–Crippen LogP) is 2.03. The highest BCUT2D eigenvalue weighted by Gasteiger charge is 2.34. The maximum absolute atomic E-state index is 12.0. The molecule has 0 N–H and O–H groups in total. The van der Waals surface area contributed by atoms with Crippen molar-refractivity contribution < 1.29 is 9.59 Å². The van der Waals surface area contributed by atoms with Gasteiger partial charge in [-0.3, -0.25) is 9.69 Å². The van der Waals surface area contributed by atoms with Crippen LogP contribution in [0.15, 0.2) is 42.5 Å². The van der Waals surface area contributed by atoms with Crippen LogP contribution in [0.2, 0.25) is 0 Å². The first kappa shape index (κ1) is 12.4. The van der Waals surface area contributed by atoms with Crippen molar-refractivity contribution in [1.82, 2.24) is 9.80 Å². The second kappa shape index (κ2) is 5.49. The second-order valence-electron chi connectivity index (χ2n) is 4.20. The van der Waals surface area contributed by atoms with Gasteiger partial charge in [-0.2, -0.15) is 0 Å². The predicted molar refractivity (Wildman–Crippen MR) is 68.8 cm³/mol. The fourth-order valence-corrected chi connectivity index (χ4v) is 1.89. The monoisotopic (exact) mass is 244 g/mol. The Kier molecular flexibility index (Phi) is 3.77. The third kappa shape index (κ3) is 2.59. The van der Waals surface area contributed by atoms with E-state index in [0.29, 0.717) is 13.1 Å². The Balaban J connectivity index is 2.05. The summed E-state index contributed by atoms with van der Waals surface area (Å²) in [6.45, 7) is 2.91. The van der Waals surface area contributed by atoms with Crippen molar-refractivity contribution in [3.05, 3.63) is 48.0 Å². The summed E-state index contributed by atoms with van der Waals surface area (Å²) in [5, 5.41) is 0. The molecule has 1 fully saturated rings. The lowest BCUT2D eigenvalue weighted by Crippen LogP contribution is -2.32. The Labute approximate surface area is 106 Å². The van der Waals surface area contributed by atoms with Gasteiger partial charge in [0.15, 0.2) is 0 Å². The molecule has 3 amide bonds. The number of urea groups is 1. The largest absolute Gasteiger partial charge is 0.327 e. The van der Waals surface area contributed by atoms with Crippen molar-refractivity contribution in [2.45, 2.75) is 13.5 Å². The zero-order valence-electron chi connectivity index (χ0n) is 10.4. The van der Waals surface area contributed by atoms with Gasteiger partial charge in [0.1, 0.15) is 6.54 Å². The average Bonchev–Trinajstić information content (AvgIpc) is 2.65.